The van der Waals surface area contributed by atoms with Crippen LogP contribution in [-0.4, -0.2) is 34.6 Å². The number of amides is 1. The fourth-order valence-electron chi connectivity index (χ4n) is 2.39. The topological polar surface area (TPSA) is 119 Å². The number of furan rings is 1. The third-order valence-electron chi connectivity index (χ3n) is 3.44. The Morgan fingerprint density at radius 2 is 1.96 bits per heavy atom. The Bertz CT molecular complexity index is 1060. The maximum atomic E-state index is 12.3. The molecule has 10 heteroatoms. The number of nitrogens with zero attached hydrogens (tertiary/aromatic N) is 3. The van der Waals surface area contributed by atoms with E-state index in [1.807, 2.05) is 18.2 Å². The predicted molar refractivity (Wildman–Crippen MR) is 102 cm³/mol. The minimum Gasteiger partial charge on any atom is -0.438 e. The van der Waals surface area contributed by atoms with Crippen molar-refractivity contribution in [3.05, 3.63) is 60.2 Å². The van der Waals surface area contributed by atoms with Gasteiger partial charge < -0.3 is 9.73 Å². The van der Waals surface area contributed by atoms with E-state index in [9.17, 15) is 13.2 Å². The Kier molecular flexibility index (Phi) is 5.34. The van der Waals surface area contributed by atoms with Gasteiger partial charge in [0.25, 0.3) is 15.9 Å². The van der Waals surface area contributed by atoms with Crippen LogP contribution in [0.3, 0.4) is 0 Å². The highest BCUT2D eigenvalue weighted by Crippen LogP contribution is 2.17. The molecule has 0 saturated carbocycles. The lowest BCUT2D eigenvalue weighted by atomic mass is 10.1. The fourth-order valence-corrected chi connectivity index (χ4v) is 3.75. The molecule has 0 bridgehead atoms. The third-order valence-corrected chi connectivity index (χ3v) is 5.07. The van der Waals surface area contributed by atoms with Crippen LogP contribution in [0.4, 0.5) is 5.82 Å². The number of carbonyl (C=O) groups is 1. The number of hydrogen-bond acceptors (Lipinski definition) is 6. The SMILES string of the molecule is CC(C)(C)NS(=O)(=O)c1ccc(C(=O)Nc2ccn(Cc3ccccn3)n2)o1. The lowest BCUT2D eigenvalue weighted by molar-refractivity contribution is 0.0991. The van der Waals surface area contributed by atoms with Gasteiger partial charge in [0.1, 0.15) is 0 Å². The summed E-state index contributed by atoms with van der Waals surface area (Å²) >= 11 is 0. The van der Waals surface area contributed by atoms with Gasteiger partial charge in [-0.3, -0.25) is 14.5 Å². The molecule has 0 saturated heterocycles. The summed E-state index contributed by atoms with van der Waals surface area (Å²) in [5.74, 6) is -0.414. The van der Waals surface area contributed by atoms with E-state index in [-0.39, 0.29) is 10.9 Å². The van der Waals surface area contributed by atoms with E-state index >= 15 is 0 Å². The first-order chi connectivity index (χ1) is 13.1. The molecule has 3 aromatic heterocycles. The zero-order valence-electron chi connectivity index (χ0n) is 15.7. The van der Waals surface area contributed by atoms with Crippen LogP contribution in [-0.2, 0) is 16.6 Å². The molecule has 0 radical (unpaired) electrons. The number of anilines is 1. The van der Waals surface area contributed by atoms with Gasteiger partial charge in [-0.15, -0.1) is 0 Å². The molecule has 3 aromatic rings. The van der Waals surface area contributed by atoms with E-state index in [1.165, 1.54) is 12.1 Å². The predicted octanol–water partition coefficient (Wildman–Crippen LogP) is 2.25. The van der Waals surface area contributed by atoms with Crippen LogP contribution in [0.5, 0.6) is 0 Å². The van der Waals surface area contributed by atoms with Crippen LogP contribution in [0.25, 0.3) is 0 Å². The van der Waals surface area contributed by atoms with Crippen molar-refractivity contribution in [2.45, 2.75) is 37.9 Å². The summed E-state index contributed by atoms with van der Waals surface area (Å²) in [6, 6.07) is 9.75. The summed E-state index contributed by atoms with van der Waals surface area (Å²) in [6.45, 7) is 5.59. The van der Waals surface area contributed by atoms with Gasteiger partial charge in [-0.1, -0.05) is 6.07 Å². The first kappa shape index (κ1) is 19.8. The Morgan fingerprint density at radius 3 is 2.64 bits per heavy atom. The Hall–Kier alpha value is -2.98. The minimum absolute atomic E-state index is 0.131. The number of pyridine rings is 1. The van der Waals surface area contributed by atoms with Gasteiger partial charge in [-0.05, 0) is 45.0 Å². The van der Waals surface area contributed by atoms with E-state index in [1.54, 1.807) is 43.9 Å². The quantitative estimate of drug-likeness (QED) is 0.651. The Balaban J connectivity index is 1.67. The van der Waals surface area contributed by atoms with E-state index in [0.717, 1.165) is 5.69 Å². The van der Waals surface area contributed by atoms with Gasteiger partial charge in [0.15, 0.2) is 11.6 Å². The van der Waals surface area contributed by atoms with Crippen LogP contribution in [0.15, 0.2) is 58.3 Å². The van der Waals surface area contributed by atoms with E-state index in [0.29, 0.717) is 12.4 Å². The zero-order chi connectivity index (χ0) is 20.4. The molecule has 2 N–H and O–H groups in total. The Morgan fingerprint density at radius 1 is 1.18 bits per heavy atom. The number of aromatic nitrogens is 3. The molecule has 9 nitrogen and oxygen atoms in total. The number of nitrogens with one attached hydrogen (secondary N) is 2. The molecule has 0 aromatic carbocycles. The van der Waals surface area contributed by atoms with Crippen LogP contribution in [0, 0.1) is 0 Å². The van der Waals surface area contributed by atoms with Crippen molar-refractivity contribution in [2.24, 2.45) is 0 Å². The van der Waals surface area contributed by atoms with Gasteiger partial charge >= 0.3 is 0 Å². The van der Waals surface area contributed by atoms with Crippen LogP contribution < -0.4 is 10.0 Å². The normalized spacial score (nSPS) is 12.1. The fraction of sp³-hybridized carbons (Fsp3) is 0.278. The van der Waals surface area contributed by atoms with Gasteiger partial charge in [-0.2, -0.15) is 5.10 Å². The summed E-state index contributed by atoms with van der Waals surface area (Å²) in [5.41, 5.74) is 0.157. The first-order valence-corrected chi connectivity index (χ1v) is 9.99. The molecule has 0 unspecified atom stereocenters. The smallest absolute Gasteiger partial charge is 0.292 e. The maximum Gasteiger partial charge on any atom is 0.292 e. The molecule has 0 aliphatic heterocycles. The number of hydrogen-bond donors (Lipinski definition) is 2. The van der Waals surface area contributed by atoms with Gasteiger partial charge in [-0.25, -0.2) is 13.1 Å². The van der Waals surface area contributed by atoms with Crippen molar-refractivity contribution in [1.29, 1.82) is 0 Å². The van der Waals surface area contributed by atoms with E-state index in [2.05, 4.69) is 20.1 Å². The summed E-state index contributed by atoms with van der Waals surface area (Å²) < 4.78 is 33.8. The second kappa shape index (κ2) is 7.56. The van der Waals surface area contributed by atoms with E-state index in [4.69, 9.17) is 4.42 Å². The van der Waals surface area contributed by atoms with Gasteiger partial charge in [0.2, 0.25) is 5.09 Å². The molecule has 148 valence electrons. The summed E-state index contributed by atoms with van der Waals surface area (Å²) in [5, 5.41) is 6.50. The van der Waals surface area contributed by atoms with Gasteiger partial charge in [0, 0.05) is 24.0 Å². The van der Waals surface area contributed by atoms with E-state index < -0.39 is 21.5 Å². The summed E-state index contributed by atoms with van der Waals surface area (Å²) in [4.78, 5) is 16.5. The minimum atomic E-state index is -3.86. The maximum absolute atomic E-state index is 12.3. The van der Waals surface area contributed by atoms with Crippen molar-refractivity contribution in [3.63, 3.8) is 0 Å². The van der Waals surface area contributed by atoms with Crippen LogP contribution in [0.2, 0.25) is 0 Å². The lowest BCUT2D eigenvalue weighted by Crippen LogP contribution is -2.40. The highest BCUT2D eigenvalue weighted by atomic mass is 32.2. The van der Waals surface area contributed by atoms with Crippen molar-refractivity contribution in [3.8, 4) is 0 Å². The molecule has 0 atom stereocenters. The van der Waals surface area contributed by atoms with Crippen molar-refractivity contribution >= 4 is 21.7 Å². The average molecular weight is 403 g/mol. The summed E-state index contributed by atoms with van der Waals surface area (Å²) in [6.07, 6.45) is 3.40. The van der Waals surface area contributed by atoms with Crippen molar-refractivity contribution < 1.29 is 17.6 Å². The molecule has 0 spiro atoms. The first-order valence-electron chi connectivity index (χ1n) is 8.51. The highest BCUT2D eigenvalue weighted by Gasteiger charge is 2.26. The second-order valence-corrected chi connectivity index (χ2v) is 8.76. The van der Waals surface area contributed by atoms with Crippen LogP contribution >= 0.6 is 0 Å². The molecule has 1 amide bonds. The van der Waals surface area contributed by atoms with Crippen LogP contribution in [0.1, 0.15) is 37.0 Å². The number of rotatable bonds is 6. The molecular formula is C18H21N5O4S. The van der Waals surface area contributed by atoms with Gasteiger partial charge in [0.05, 0.1) is 12.2 Å². The molecular weight excluding hydrogens is 382 g/mol. The molecule has 3 rings (SSSR count). The average Bonchev–Trinajstić information content (AvgIpc) is 3.24. The second-order valence-electron chi connectivity index (χ2n) is 7.15. The monoisotopic (exact) mass is 403 g/mol. The third kappa shape index (κ3) is 5.05. The molecule has 0 aliphatic rings. The standard InChI is InChI=1S/C18H21N5O4S/c1-18(2,3)22-28(25,26)16-8-7-14(27-16)17(24)20-15-9-11-23(21-15)12-13-6-4-5-10-19-13/h4-11,22H,12H2,1-3H3,(H,20,21,24). The van der Waals surface area contributed by atoms with Crippen molar-refractivity contribution in [1.82, 2.24) is 19.5 Å². The molecule has 28 heavy (non-hydrogen) atoms. The number of sulfonamides is 1. The lowest BCUT2D eigenvalue weighted by Gasteiger charge is -2.18. The Labute approximate surface area is 162 Å². The molecule has 0 fully saturated rings. The number of carbonyl (C=O) groups excluding carboxylic acids is 1. The highest BCUT2D eigenvalue weighted by molar-refractivity contribution is 7.89. The zero-order valence-corrected chi connectivity index (χ0v) is 16.5. The molecule has 3 heterocycles. The summed E-state index contributed by atoms with van der Waals surface area (Å²) in [7, 11) is -3.86. The largest absolute Gasteiger partial charge is 0.438 e. The molecule has 0 aliphatic carbocycles. The van der Waals surface area contributed by atoms with Crippen molar-refractivity contribution in [2.75, 3.05) is 5.32 Å².